The number of nitro benzene ring substituents is 1. The number of fused-ring (bicyclic) bond motifs is 2. The topological polar surface area (TPSA) is 569 Å². The number of carboxylic acid groups (broad SMARTS) is 5. The molecule has 0 bridgehead atoms. The maximum Gasteiger partial charge on any atom is 0.349 e. The first-order chi connectivity index (χ1) is 49.9. The lowest BCUT2D eigenvalue weighted by Crippen LogP contribution is -2.37. The van der Waals surface area contributed by atoms with Crippen molar-refractivity contribution in [1.82, 2.24) is 4.90 Å². The third kappa shape index (κ3) is 28.8. The van der Waals surface area contributed by atoms with E-state index in [9.17, 15) is 102 Å². The van der Waals surface area contributed by atoms with Gasteiger partial charge in [0.25, 0.3) is 23.5 Å². The number of nitrogens with one attached hydrogen (secondary N) is 2. The molecule has 42 heteroatoms. The van der Waals surface area contributed by atoms with E-state index in [-0.39, 0.29) is 48.2 Å². The zero-order chi connectivity index (χ0) is 82.9. The number of nitrogens with zero attached hydrogens (tertiary/aromatic N) is 2. The average molecular weight is 1580 g/mol. The van der Waals surface area contributed by atoms with Crippen LogP contribution in [-0.4, -0.2) is 181 Å². The van der Waals surface area contributed by atoms with Gasteiger partial charge in [-0.1, -0.05) is 19.6 Å². The molecule has 2 atom stereocenters. The van der Waals surface area contributed by atoms with Crippen molar-refractivity contribution in [3.8, 4) is 23.0 Å². The summed E-state index contributed by atoms with van der Waals surface area (Å²) in [6, 6.07) is 13.8. The number of nitrogen functional groups attached to an aromatic ring is 1. The predicted molar refractivity (Wildman–Crippen MR) is 375 cm³/mol. The van der Waals surface area contributed by atoms with Gasteiger partial charge in [0.1, 0.15) is 42.9 Å². The third-order valence-electron chi connectivity index (χ3n) is 13.0. The van der Waals surface area contributed by atoms with Crippen LogP contribution in [0.2, 0.25) is 0 Å². The lowest BCUT2D eigenvalue weighted by molar-refractivity contribution is -0.385. The van der Waals surface area contributed by atoms with Crippen LogP contribution in [0.3, 0.4) is 0 Å². The number of hydrogen-bond acceptors (Lipinski definition) is 27. The molecule has 0 fully saturated rings. The molecule has 6 aromatic carbocycles. The molecule has 0 saturated carbocycles. The standard InChI is InChI=1S/C22H23FN2O7S.C12H19NO4S.C10H6FNO4.C8H4FNO6.C8H6FNO4.C4H6O3.C2H4O2.CH4.H2/c1-5-32-19-8-13(6-7-18(19)31-3)17(11-33(4,29)30)25-21(27)15-9-14(23)10-16(24-12(2)26)20(15)22(25)28;1-4-17-12-7-9(5-6-11(12)16-2)10(13)8-18(3,14)15;1-4(13)12-7-3-5(11)2-6-8(7)10(15)16-9(6)14;9-3-1-4(7(11)12)6(8(13)14)5(2-3)10(15)16;9-3-1-4(7(11)12)6(8(13)14)5(10)2-3;1-3(5)7-4(2)6;1-2(3)4;;/h6-10,17H,5,11H2,1-4H3,(H,24,26);5-7,10H,4,8,13H2,1-3H3;2-3H,1H3,(H,12,13);1-2H,(H,11,12)(H,13,14);1-2H,10H2,(H,11,12)(H,13,14);1-2H3;1H3,(H,3,4);1H4;1H. The smallest absolute Gasteiger partial charge is 0.349 e. The molecule has 6 aromatic rings. The highest BCUT2D eigenvalue weighted by Gasteiger charge is 2.44. The number of rotatable bonds is 20. The maximum atomic E-state index is 14.2. The van der Waals surface area contributed by atoms with Crippen LogP contribution in [0.4, 0.5) is 40.3 Å². The molecule has 2 aliphatic rings. The molecule has 0 aliphatic carbocycles. The number of nitrogens with two attached hydrogens (primary N) is 2. The molecule has 592 valence electrons. The van der Waals surface area contributed by atoms with Gasteiger partial charge in [0.2, 0.25) is 11.8 Å². The molecule has 0 saturated heterocycles. The minimum Gasteiger partial charge on any atom is -0.493 e. The number of imide groups is 1. The van der Waals surface area contributed by atoms with E-state index in [0.717, 1.165) is 48.4 Å². The number of aromatic carboxylic acids is 4. The van der Waals surface area contributed by atoms with Crippen molar-refractivity contribution in [2.75, 3.05) is 67.8 Å². The fourth-order valence-electron chi connectivity index (χ4n) is 9.14. The summed E-state index contributed by atoms with van der Waals surface area (Å²) in [5.74, 6) is -15.5. The van der Waals surface area contributed by atoms with Crippen LogP contribution in [0.1, 0.15) is 163 Å². The fourth-order valence-corrected chi connectivity index (χ4v) is 10.9. The molecule has 4 amide bonds. The Balaban J connectivity index is 0.00000134. The number of sulfone groups is 2. The number of ether oxygens (including phenoxy) is 6. The van der Waals surface area contributed by atoms with E-state index in [0.29, 0.717) is 65.5 Å². The average Bonchev–Trinajstić information content (AvgIpc) is 1.59. The summed E-state index contributed by atoms with van der Waals surface area (Å²) < 4.78 is 129. The molecule has 2 unspecified atom stereocenters. The first-order valence-electron chi connectivity index (χ1n) is 29.9. The Morgan fingerprint density at radius 1 is 0.569 bits per heavy atom. The SMILES string of the molecule is C.CC(=O)Nc1cc(F)cc2c1C(=O)OC2=O.CC(=O)O.CC(=O)OC(C)=O.CCOc1cc(C(CS(C)(=O)=O)N2C(=O)c3cc(F)cc(NC(C)=O)c3C2=O)ccc1OC.CCOc1cc(C(N)CS(C)(=O)=O)ccc1OC.Nc1cc(F)cc(C(=O)O)c1C(=O)O.O=C(O)c1cc(F)cc([N+](=O)[O-])c1C(=O)O.[HH]. The predicted octanol–water partition coefficient (Wildman–Crippen LogP) is 7.81. The van der Waals surface area contributed by atoms with Crippen molar-refractivity contribution in [2.24, 2.45) is 5.73 Å². The molecular weight excluding hydrogens is 1510 g/mol. The van der Waals surface area contributed by atoms with E-state index in [1.165, 1.54) is 59.3 Å². The van der Waals surface area contributed by atoms with Gasteiger partial charge >= 0.3 is 47.8 Å². The quantitative estimate of drug-likeness (QED) is 0.00669. The van der Waals surface area contributed by atoms with Crippen molar-refractivity contribution in [1.29, 1.82) is 0 Å². The molecule has 36 nitrogen and oxygen atoms in total. The summed E-state index contributed by atoms with van der Waals surface area (Å²) in [4.78, 5) is 152. The second-order valence-corrected chi connectivity index (χ2v) is 26.0. The number of benzene rings is 6. The number of aliphatic carboxylic acids is 1. The Kier molecular flexibility index (Phi) is 35.9. The summed E-state index contributed by atoms with van der Waals surface area (Å²) in [7, 11) is -3.80. The van der Waals surface area contributed by atoms with Crippen LogP contribution in [0, 0.1) is 33.4 Å². The fraction of sp³-hybridized carbons (Fsp3) is 0.269. The van der Waals surface area contributed by atoms with E-state index < -0.39 is 177 Å². The van der Waals surface area contributed by atoms with Crippen molar-refractivity contribution < 1.29 is 157 Å². The Bertz CT molecular complexity index is 4740. The largest absolute Gasteiger partial charge is 0.493 e. The normalized spacial score (nSPS) is 11.8. The Labute approximate surface area is 617 Å². The van der Waals surface area contributed by atoms with E-state index in [1.54, 1.807) is 32.2 Å². The van der Waals surface area contributed by atoms with Gasteiger partial charge in [-0.05, 0) is 91.7 Å². The summed E-state index contributed by atoms with van der Waals surface area (Å²) in [6.07, 6.45) is 2.15. The monoisotopic (exact) mass is 1580 g/mol. The zero-order valence-corrected chi connectivity index (χ0v) is 60.0. The lowest BCUT2D eigenvalue weighted by Gasteiger charge is -2.27. The van der Waals surface area contributed by atoms with Gasteiger partial charge in [-0.15, -0.1) is 0 Å². The number of nitro groups is 1. The van der Waals surface area contributed by atoms with Gasteiger partial charge < -0.3 is 76.1 Å². The number of methoxy groups -OCH3 is 2. The molecule has 2 heterocycles. The van der Waals surface area contributed by atoms with Crippen molar-refractivity contribution in [2.45, 2.75) is 68.0 Å². The maximum absolute atomic E-state index is 14.2. The molecular formula is C67H74F4N6O30S2. The highest BCUT2D eigenvalue weighted by atomic mass is 32.2. The first kappa shape index (κ1) is 94.0. The van der Waals surface area contributed by atoms with Crippen LogP contribution < -0.4 is 41.0 Å². The number of cyclic esters (lactones) is 2. The second kappa shape index (κ2) is 41.6. The Morgan fingerprint density at radius 3 is 1.36 bits per heavy atom. The number of amides is 4. The molecule has 0 radical (unpaired) electrons. The van der Waals surface area contributed by atoms with Crippen LogP contribution in [0.25, 0.3) is 0 Å². The molecule has 8 rings (SSSR count). The first-order valence-corrected chi connectivity index (χ1v) is 34.1. The van der Waals surface area contributed by atoms with E-state index in [1.807, 2.05) is 6.92 Å². The van der Waals surface area contributed by atoms with E-state index in [4.69, 9.17) is 60.7 Å². The van der Waals surface area contributed by atoms with Crippen LogP contribution in [0.5, 0.6) is 23.0 Å². The van der Waals surface area contributed by atoms with Gasteiger partial charge in [-0.25, -0.2) is 63.2 Å². The van der Waals surface area contributed by atoms with Crippen molar-refractivity contribution in [3.63, 3.8) is 0 Å². The van der Waals surface area contributed by atoms with Crippen molar-refractivity contribution >= 4 is 120 Å². The zero-order valence-electron chi connectivity index (χ0n) is 58.4. The third-order valence-corrected chi connectivity index (χ3v) is 14.8. The molecule has 109 heavy (non-hydrogen) atoms. The summed E-state index contributed by atoms with van der Waals surface area (Å²) >= 11 is 0. The van der Waals surface area contributed by atoms with Gasteiger partial charge in [0.05, 0.1) is 106 Å². The summed E-state index contributed by atoms with van der Waals surface area (Å²) in [6.45, 7) is 10.2. The molecule has 11 N–H and O–H groups in total. The van der Waals surface area contributed by atoms with Crippen LogP contribution >= 0.6 is 0 Å². The van der Waals surface area contributed by atoms with Gasteiger partial charge in [-0.2, -0.15) is 0 Å². The van der Waals surface area contributed by atoms with Gasteiger partial charge in [0.15, 0.2) is 28.6 Å². The number of halogens is 4. The molecule has 2 aliphatic heterocycles. The number of carbonyl (C=O) groups excluding carboxylic acids is 8. The van der Waals surface area contributed by atoms with Gasteiger partial charge in [-0.3, -0.25) is 48.6 Å². The van der Waals surface area contributed by atoms with E-state index >= 15 is 0 Å². The van der Waals surface area contributed by atoms with Crippen LogP contribution in [0.15, 0.2) is 84.9 Å². The Hall–Kier alpha value is -13.0. The molecule has 0 aromatic heterocycles. The van der Waals surface area contributed by atoms with E-state index in [2.05, 4.69) is 20.1 Å². The minimum atomic E-state index is -3.68. The minimum absolute atomic E-state index is 0. The summed E-state index contributed by atoms with van der Waals surface area (Å²) in [5, 5.41) is 56.9. The summed E-state index contributed by atoms with van der Waals surface area (Å²) in [5.41, 5.74) is 6.33. The highest BCUT2D eigenvalue weighted by molar-refractivity contribution is 7.90. The number of anilines is 3. The number of carboxylic acids is 5. The number of carbonyl (C=O) groups is 13. The Morgan fingerprint density at radius 2 is 0.972 bits per heavy atom. The van der Waals surface area contributed by atoms with Crippen LogP contribution in [-0.2, 0) is 53.1 Å². The lowest BCUT2D eigenvalue weighted by atomic mass is 10.1. The van der Waals surface area contributed by atoms with Gasteiger partial charge in [0, 0.05) is 60.3 Å². The number of hydrogen-bond donors (Lipinski definition) is 9. The highest BCUT2D eigenvalue weighted by Crippen LogP contribution is 2.40. The second-order valence-electron chi connectivity index (χ2n) is 21.6. The van der Waals surface area contributed by atoms with Crippen molar-refractivity contribution in [3.05, 3.63) is 174 Å². The number of esters is 4. The molecule has 0 spiro atoms.